The van der Waals surface area contributed by atoms with Gasteiger partial charge in [0.25, 0.3) is 11.8 Å². The molecule has 0 saturated heterocycles. The molecule has 1 heterocycles. The van der Waals surface area contributed by atoms with Crippen molar-refractivity contribution in [1.29, 1.82) is 0 Å². The van der Waals surface area contributed by atoms with Crippen LogP contribution in [-0.2, 0) is 6.18 Å². The predicted molar refractivity (Wildman–Crippen MR) is 146 cm³/mol. The average Bonchev–Trinajstić information content (AvgIpc) is 2.86. The molecule has 226 valence electrons. The standard InChI is InChI=1S/C24H21B3F7N3O6/c1-9-8-36-12(20(35)38)7-11(9)37-21(39)16-13(4-3-10(18(16)40-2)22(29,30)31)41-15-6-5-14(42-24(32,33)34)17(28)19(15)43-23(25,26)27/h3-8H,25-27H2,1-2H3,(H2,35,38)(H,36,37,39). The maximum absolute atomic E-state index is 15.2. The number of aromatic nitrogens is 1. The highest BCUT2D eigenvalue weighted by Gasteiger charge is 2.39. The van der Waals surface area contributed by atoms with E-state index in [-0.39, 0.29) is 16.9 Å². The zero-order chi connectivity index (χ0) is 32.5. The van der Waals surface area contributed by atoms with Crippen molar-refractivity contribution >= 4 is 41.0 Å². The van der Waals surface area contributed by atoms with Crippen LogP contribution in [0.3, 0.4) is 0 Å². The minimum Gasteiger partial charge on any atom is -0.508 e. The van der Waals surface area contributed by atoms with Crippen LogP contribution in [0.25, 0.3) is 0 Å². The molecule has 0 aliphatic rings. The number of pyridine rings is 1. The van der Waals surface area contributed by atoms with E-state index in [1.807, 2.05) is 0 Å². The Kier molecular flexibility index (Phi) is 9.17. The number of carbonyl (C=O) groups is 2. The zero-order valence-electron chi connectivity index (χ0n) is 23.1. The van der Waals surface area contributed by atoms with E-state index in [2.05, 4.69) is 15.0 Å². The molecule has 3 aromatic rings. The number of ether oxygens (including phenoxy) is 4. The SMILES string of the molecule is BC(B)(B)Oc1c(Oc2ccc(C(F)(F)F)c(OC)c2C(=O)Nc2cc(C(N)=O)ncc2C)ccc(OC(F)(F)F)c1F. The Morgan fingerprint density at radius 2 is 1.53 bits per heavy atom. The fourth-order valence-corrected chi connectivity index (χ4v) is 3.60. The van der Waals surface area contributed by atoms with Gasteiger partial charge in [0.15, 0.2) is 17.2 Å². The monoisotopic (exact) mass is 613 g/mol. The molecular weight excluding hydrogens is 592 g/mol. The number of nitrogens with zero attached hydrogens (tertiary/aromatic N) is 1. The number of nitrogens with one attached hydrogen (secondary N) is 1. The number of anilines is 1. The number of nitrogens with two attached hydrogens (primary N) is 1. The van der Waals surface area contributed by atoms with Gasteiger partial charge in [-0.2, -0.15) is 17.6 Å². The molecule has 2 aromatic carbocycles. The summed E-state index contributed by atoms with van der Waals surface area (Å²) in [6.07, 6.45) is -9.11. The Balaban J connectivity index is 2.22. The van der Waals surface area contributed by atoms with E-state index < -0.39 is 75.3 Å². The van der Waals surface area contributed by atoms with Gasteiger partial charge >= 0.3 is 12.5 Å². The van der Waals surface area contributed by atoms with E-state index in [4.69, 9.17) is 19.9 Å². The van der Waals surface area contributed by atoms with Crippen molar-refractivity contribution in [2.45, 2.75) is 24.8 Å². The van der Waals surface area contributed by atoms with Gasteiger partial charge in [-0.15, -0.1) is 13.2 Å². The molecule has 0 radical (unpaired) electrons. The summed E-state index contributed by atoms with van der Waals surface area (Å²) in [7, 11) is 5.16. The van der Waals surface area contributed by atoms with Crippen molar-refractivity contribution in [3.63, 3.8) is 0 Å². The van der Waals surface area contributed by atoms with Crippen LogP contribution in [0.2, 0.25) is 0 Å². The topological polar surface area (TPSA) is 122 Å². The molecule has 0 atom stereocenters. The van der Waals surface area contributed by atoms with Crippen LogP contribution in [0, 0.1) is 12.7 Å². The van der Waals surface area contributed by atoms with Crippen LogP contribution < -0.4 is 30.0 Å². The van der Waals surface area contributed by atoms with Gasteiger partial charge in [-0.05, 0) is 42.8 Å². The first-order chi connectivity index (χ1) is 19.7. The second kappa shape index (κ2) is 12.0. The van der Waals surface area contributed by atoms with Crippen LogP contribution in [0.5, 0.6) is 28.7 Å². The molecule has 0 bridgehead atoms. The average molecular weight is 613 g/mol. The van der Waals surface area contributed by atoms with E-state index in [0.717, 1.165) is 25.3 Å². The first-order valence-corrected chi connectivity index (χ1v) is 12.0. The summed E-state index contributed by atoms with van der Waals surface area (Å²) < 4.78 is 115. The molecule has 3 rings (SSSR count). The smallest absolute Gasteiger partial charge is 0.508 e. The van der Waals surface area contributed by atoms with E-state index in [1.165, 1.54) is 36.7 Å². The summed E-state index contributed by atoms with van der Waals surface area (Å²) in [5, 5.41) is 1.12. The van der Waals surface area contributed by atoms with Crippen LogP contribution in [0.1, 0.15) is 32.0 Å². The molecule has 2 amide bonds. The molecule has 0 aliphatic heterocycles. The Labute approximate surface area is 242 Å². The third-order valence-electron chi connectivity index (χ3n) is 5.34. The van der Waals surface area contributed by atoms with E-state index in [1.54, 1.807) is 0 Å². The number of benzene rings is 2. The van der Waals surface area contributed by atoms with Gasteiger partial charge in [0.1, 0.15) is 46.3 Å². The largest absolute Gasteiger partial charge is 0.573 e. The molecule has 1 aromatic heterocycles. The van der Waals surface area contributed by atoms with Gasteiger partial charge in [-0.3, -0.25) is 14.6 Å². The molecule has 9 nitrogen and oxygen atoms in total. The lowest BCUT2D eigenvalue weighted by atomic mass is 9.52. The number of rotatable bonds is 9. The summed E-state index contributed by atoms with van der Waals surface area (Å²) in [6, 6.07) is 3.70. The number of hydrogen-bond donors (Lipinski definition) is 2. The number of carbonyl (C=O) groups excluding carboxylic acids is 2. The summed E-state index contributed by atoms with van der Waals surface area (Å²) >= 11 is 0. The summed E-state index contributed by atoms with van der Waals surface area (Å²) in [4.78, 5) is 28.8. The van der Waals surface area contributed by atoms with E-state index >= 15 is 4.39 Å². The van der Waals surface area contributed by atoms with E-state index in [9.17, 15) is 35.9 Å². The fourth-order valence-electron chi connectivity index (χ4n) is 3.60. The number of halogens is 7. The highest BCUT2D eigenvalue weighted by Crippen LogP contribution is 2.46. The van der Waals surface area contributed by atoms with Crippen LogP contribution in [0.4, 0.5) is 36.4 Å². The minimum absolute atomic E-state index is 0.0596. The Morgan fingerprint density at radius 3 is 2.07 bits per heavy atom. The maximum Gasteiger partial charge on any atom is 0.573 e. The second-order valence-corrected chi connectivity index (χ2v) is 9.79. The highest BCUT2D eigenvalue weighted by molar-refractivity contribution is 6.58. The lowest BCUT2D eigenvalue weighted by Gasteiger charge is -2.25. The van der Waals surface area contributed by atoms with Crippen LogP contribution in [0.15, 0.2) is 36.5 Å². The molecule has 0 aliphatic carbocycles. The molecule has 43 heavy (non-hydrogen) atoms. The number of alkyl halides is 6. The van der Waals surface area contributed by atoms with Crippen molar-refractivity contribution in [3.8, 4) is 28.7 Å². The molecular formula is C24H21B3F7N3O6. The van der Waals surface area contributed by atoms with E-state index in [0.29, 0.717) is 12.1 Å². The molecule has 3 N–H and O–H groups in total. The number of primary amides is 1. The zero-order valence-corrected chi connectivity index (χ0v) is 23.1. The van der Waals surface area contributed by atoms with Crippen LogP contribution >= 0.6 is 0 Å². The molecule has 0 spiro atoms. The molecule has 0 fully saturated rings. The number of amides is 2. The predicted octanol–water partition coefficient (Wildman–Crippen LogP) is 2.49. The highest BCUT2D eigenvalue weighted by atomic mass is 19.4. The normalized spacial score (nSPS) is 11.9. The van der Waals surface area contributed by atoms with Crippen LogP contribution in [-0.4, -0.2) is 59.1 Å². The minimum atomic E-state index is -5.27. The van der Waals surface area contributed by atoms with Gasteiger partial charge in [0.2, 0.25) is 5.82 Å². The quantitative estimate of drug-likeness (QED) is 0.281. The van der Waals surface area contributed by atoms with Gasteiger partial charge in [-0.25, -0.2) is 0 Å². The first kappa shape index (κ1) is 32.9. The first-order valence-electron chi connectivity index (χ1n) is 12.0. The molecule has 0 saturated carbocycles. The Bertz CT molecular complexity index is 1560. The summed E-state index contributed by atoms with van der Waals surface area (Å²) in [5.74, 6) is -8.25. The number of aryl methyl sites for hydroxylation is 1. The van der Waals surface area contributed by atoms with Gasteiger partial charge < -0.3 is 30.0 Å². The second-order valence-electron chi connectivity index (χ2n) is 9.79. The molecule has 19 heteroatoms. The fraction of sp³-hybridized carbons (Fsp3) is 0.208. The van der Waals surface area contributed by atoms with Crippen molar-refractivity contribution in [2.75, 3.05) is 12.4 Å². The lowest BCUT2D eigenvalue weighted by molar-refractivity contribution is -0.275. The third kappa shape index (κ3) is 8.05. The van der Waals surface area contributed by atoms with Gasteiger partial charge in [0.05, 0.1) is 12.7 Å². The van der Waals surface area contributed by atoms with Crippen molar-refractivity contribution in [1.82, 2.24) is 4.98 Å². The summed E-state index contributed by atoms with van der Waals surface area (Å²) in [5.41, 5.74) is 2.95. The molecule has 0 unspecified atom stereocenters. The number of methoxy groups -OCH3 is 1. The van der Waals surface area contributed by atoms with Crippen molar-refractivity contribution in [3.05, 3.63) is 64.7 Å². The summed E-state index contributed by atoms with van der Waals surface area (Å²) in [6.45, 7) is 1.47. The Morgan fingerprint density at radius 1 is 0.930 bits per heavy atom. The Hall–Kier alpha value is -4.57. The number of hydrogen-bond acceptors (Lipinski definition) is 7. The maximum atomic E-state index is 15.2. The third-order valence-corrected chi connectivity index (χ3v) is 5.34. The van der Waals surface area contributed by atoms with Crippen molar-refractivity contribution < 1.29 is 59.3 Å². The van der Waals surface area contributed by atoms with Gasteiger partial charge in [0, 0.05) is 17.2 Å². The van der Waals surface area contributed by atoms with Gasteiger partial charge in [-0.1, -0.05) is 0 Å². The lowest BCUT2D eigenvalue weighted by Crippen LogP contribution is -2.38. The van der Waals surface area contributed by atoms with Crippen molar-refractivity contribution in [2.24, 2.45) is 5.73 Å².